The van der Waals surface area contributed by atoms with Crippen molar-refractivity contribution in [2.24, 2.45) is 0 Å². The largest absolute Gasteiger partial charge is 0.465 e. The van der Waals surface area contributed by atoms with Gasteiger partial charge in [-0.05, 0) is 36.8 Å². The molecule has 1 N–H and O–H groups in total. The number of aromatic amines is 1. The van der Waals surface area contributed by atoms with Crippen LogP contribution in [-0.4, -0.2) is 18.1 Å². The summed E-state index contributed by atoms with van der Waals surface area (Å²) in [6.45, 7) is 0. The van der Waals surface area contributed by atoms with Crippen LogP contribution < -0.4 is 5.56 Å². The monoisotopic (exact) mass is 283 g/mol. The molecule has 2 aromatic rings. The van der Waals surface area contributed by atoms with Crippen LogP contribution in [0.2, 0.25) is 0 Å². The maximum absolute atomic E-state index is 12.5. The zero-order valence-corrected chi connectivity index (χ0v) is 11.9. The minimum Gasteiger partial charge on any atom is -0.465 e. The maximum Gasteiger partial charge on any atom is 0.339 e. The van der Waals surface area contributed by atoms with Gasteiger partial charge in [-0.2, -0.15) is 0 Å². The molecule has 0 spiro atoms. The first kappa shape index (κ1) is 13.6. The minimum absolute atomic E-state index is 0.220. The van der Waals surface area contributed by atoms with Crippen LogP contribution in [0.4, 0.5) is 0 Å². The summed E-state index contributed by atoms with van der Waals surface area (Å²) < 4.78 is 4.93. The Morgan fingerprint density at radius 1 is 1.14 bits per heavy atom. The van der Waals surface area contributed by atoms with Gasteiger partial charge >= 0.3 is 5.97 Å². The molecule has 0 atom stereocenters. The lowest BCUT2D eigenvalue weighted by atomic mass is 9.88. The number of carbonyl (C=O) groups is 1. The summed E-state index contributed by atoms with van der Waals surface area (Å²) in [5.41, 5.74) is 3.19. The lowest BCUT2D eigenvalue weighted by Gasteiger charge is -2.20. The Bertz CT molecular complexity index is 732. The van der Waals surface area contributed by atoms with E-state index in [1.807, 2.05) is 30.3 Å². The minimum atomic E-state index is -0.432. The lowest BCUT2D eigenvalue weighted by Crippen LogP contribution is -2.23. The molecule has 0 bridgehead atoms. The van der Waals surface area contributed by atoms with Crippen LogP contribution in [0.15, 0.2) is 35.1 Å². The van der Waals surface area contributed by atoms with Crippen molar-refractivity contribution in [3.05, 3.63) is 57.5 Å². The molecule has 0 radical (unpaired) electrons. The first-order valence-electron chi connectivity index (χ1n) is 7.14. The van der Waals surface area contributed by atoms with Gasteiger partial charge in [0.25, 0.3) is 5.56 Å². The van der Waals surface area contributed by atoms with Crippen LogP contribution in [0.5, 0.6) is 0 Å². The van der Waals surface area contributed by atoms with E-state index >= 15 is 0 Å². The van der Waals surface area contributed by atoms with E-state index in [2.05, 4.69) is 4.98 Å². The molecular formula is C17H17NO3. The molecular weight excluding hydrogens is 266 g/mol. The molecule has 0 fully saturated rings. The molecule has 1 aliphatic carbocycles. The molecule has 3 rings (SSSR count). The third kappa shape index (κ3) is 2.37. The van der Waals surface area contributed by atoms with E-state index in [4.69, 9.17) is 4.74 Å². The van der Waals surface area contributed by atoms with Crippen molar-refractivity contribution in [1.82, 2.24) is 4.98 Å². The third-order valence-corrected chi connectivity index (χ3v) is 3.96. The average Bonchev–Trinajstić information content (AvgIpc) is 2.53. The average molecular weight is 283 g/mol. The predicted octanol–water partition coefficient (Wildman–Crippen LogP) is 2.71. The van der Waals surface area contributed by atoms with E-state index in [1.54, 1.807) is 0 Å². The third-order valence-electron chi connectivity index (χ3n) is 3.96. The summed E-state index contributed by atoms with van der Waals surface area (Å²) >= 11 is 0. The van der Waals surface area contributed by atoms with E-state index in [9.17, 15) is 9.59 Å². The number of methoxy groups -OCH3 is 1. The van der Waals surface area contributed by atoms with Gasteiger partial charge in [0.15, 0.2) is 0 Å². The number of H-pyrrole nitrogens is 1. The summed E-state index contributed by atoms with van der Waals surface area (Å²) in [6.07, 6.45) is 3.67. The number of hydrogen-bond acceptors (Lipinski definition) is 3. The van der Waals surface area contributed by atoms with Gasteiger partial charge in [-0.25, -0.2) is 4.79 Å². The number of nitrogens with one attached hydrogen (secondary N) is 1. The van der Waals surface area contributed by atoms with Crippen LogP contribution in [0.3, 0.4) is 0 Å². The van der Waals surface area contributed by atoms with Crippen molar-refractivity contribution in [2.75, 3.05) is 7.11 Å². The number of esters is 1. The van der Waals surface area contributed by atoms with E-state index in [0.717, 1.165) is 42.5 Å². The molecule has 1 aromatic carbocycles. The van der Waals surface area contributed by atoms with Crippen LogP contribution >= 0.6 is 0 Å². The number of aryl methyl sites for hydroxylation is 1. The van der Waals surface area contributed by atoms with Crippen LogP contribution in [0, 0.1) is 0 Å². The van der Waals surface area contributed by atoms with Gasteiger partial charge in [-0.1, -0.05) is 30.3 Å². The summed E-state index contributed by atoms with van der Waals surface area (Å²) in [4.78, 5) is 27.7. The molecule has 4 heteroatoms. The standard InChI is InChI=1S/C17H17NO3/c1-21-17(20)15-12-9-5-6-10-13(12)18-16(19)14(15)11-7-3-2-4-8-11/h2-4,7-8H,5-6,9-10H2,1H3,(H,18,19). The highest BCUT2D eigenvalue weighted by Gasteiger charge is 2.25. The number of hydrogen-bond donors (Lipinski definition) is 1. The Labute approximate surface area is 122 Å². The van der Waals surface area contributed by atoms with E-state index in [-0.39, 0.29) is 5.56 Å². The maximum atomic E-state index is 12.5. The van der Waals surface area contributed by atoms with Crippen molar-refractivity contribution in [1.29, 1.82) is 0 Å². The summed E-state index contributed by atoms with van der Waals surface area (Å²) in [6, 6.07) is 9.27. The summed E-state index contributed by atoms with van der Waals surface area (Å²) in [5.74, 6) is -0.432. The zero-order valence-electron chi connectivity index (χ0n) is 11.9. The fourth-order valence-corrected chi connectivity index (χ4v) is 2.99. The van der Waals surface area contributed by atoms with Crippen LogP contribution in [0.25, 0.3) is 11.1 Å². The molecule has 0 unspecified atom stereocenters. The van der Waals surface area contributed by atoms with Crippen molar-refractivity contribution in [3.63, 3.8) is 0 Å². The number of ether oxygens (including phenoxy) is 1. The summed E-state index contributed by atoms with van der Waals surface area (Å²) in [7, 11) is 1.35. The molecule has 108 valence electrons. The van der Waals surface area contributed by atoms with Crippen molar-refractivity contribution < 1.29 is 9.53 Å². The van der Waals surface area contributed by atoms with Gasteiger partial charge in [0.2, 0.25) is 0 Å². The van der Waals surface area contributed by atoms with Gasteiger partial charge in [-0.15, -0.1) is 0 Å². The Morgan fingerprint density at radius 2 is 1.86 bits per heavy atom. The van der Waals surface area contributed by atoms with Gasteiger partial charge in [0.1, 0.15) is 0 Å². The fourth-order valence-electron chi connectivity index (χ4n) is 2.99. The highest BCUT2D eigenvalue weighted by molar-refractivity contribution is 5.98. The smallest absolute Gasteiger partial charge is 0.339 e. The molecule has 1 aliphatic rings. The Morgan fingerprint density at radius 3 is 2.57 bits per heavy atom. The topological polar surface area (TPSA) is 59.2 Å². The second kappa shape index (κ2) is 5.56. The van der Waals surface area contributed by atoms with E-state index in [0.29, 0.717) is 11.1 Å². The first-order valence-corrected chi connectivity index (χ1v) is 7.14. The van der Waals surface area contributed by atoms with Gasteiger partial charge in [0, 0.05) is 5.69 Å². The molecule has 0 amide bonds. The molecule has 1 aromatic heterocycles. The molecule has 0 aliphatic heterocycles. The Hall–Kier alpha value is -2.36. The normalized spacial score (nSPS) is 13.6. The second-order valence-electron chi connectivity index (χ2n) is 5.23. The summed E-state index contributed by atoms with van der Waals surface area (Å²) in [5, 5.41) is 0. The Balaban J connectivity index is 2.33. The fraction of sp³-hybridized carbons (Fsp3) is 0.294. The number of fused-ring (bicyclic) bond motifs is 1. The predicted molar refractivity (Wildman–Crippen MR) is 80.5 cm³/mol. The number of aromatic nitrogens is 1. The number of rotatable bonds is 2. The molecule has 1 heterocycles. The van der Waals surface area contributed by atoms with Crippen molar-refractivity contribution in [2.45, 2.75) is 25.7 Å². The SMILES string of the molecule is COC(=O)c1c2c([nH]c(=O)c1-c1ccccc1)CCCC2. The van der Waals surface area contributed by atoms with E-state index < -0.39 is 5.97 Å². The number of benzene rings is 1. The van der Waals surface area contributed by atoms with Crippen molar-refractivity contribution in [3.8, 4) is 11.1 Å². The highest BCUT2D eigenvalue weighted by Crippen LogP contribution is 2.29. The first-order chi connectivity index (χ1) is 10.2. The van der Waals surface area contributed by atoms with Crippen LogP contribution in [0.1, 0.15) is 34.5 Å². The van der Waals surface area contributed by atoms with Crippen LogP contribution in [-0.2, 0) is 17.6 Å². The highest BCUT2D eigenvalue weighted by atomic mass is 16.5. The lowest BCUT2D eigenvalue weighted by molar-refractivity contribution is 0.0599. The second-order valence-corrected chi connectivity index (χ2v) is 5.23. The molecule has 0 saturated heterocycles. The van der Waals surface area contributed by atoms with Crippen molar-refractivity contribution >= 4 is 5.97 Å². The van der Waals surface area contributed by atoms with Gasteiger partial charge < -0.3 is 9.72 Å². The van der Waals surface area contributed by atoms with Gasteiger partial charge in [0.05, 0.1) is 18.2 Å². The quantitative estimate of drug-likeness (QED) is 0.862. The molecule has 21 heavy (non-hydrogen) atoms. The number of pyridine rings is 1. The Kier molecular flexibility index (Phi) is 3.60. The zero-order chi connectivity index (χ0) is 14.8. The van der Waals surface area contributed by atoms with E-state index in [1.165, 1.54) is 7.11 Å². The molecule has 4 nitrogen and oxygen atoms in total. The number of carbonyl (C=O) groups excluding carboxylic acids is 1. The molecule has 0 saturated carbocycles. The van der Waals surface area contributed by atoms with Gasteiger partial charge in [-0.3, -0.25) is 4.79 Å².